The molecule has 0 aliphatic heterocycles. The van der Waals surface area contributed by atoms with Gasteiger partial charge >= 0.3 is 0 Å². The highest BCUT2D eigenvalue weighted by molar-refractivity contribution is 8.00. The van der Waals surface area contributed by atoms with Crippen LogP contribution in [-0.4, -0.2) is 23.0 Å². The first-order valence-corrected chi connectivity index (χ1v) is 14.3. The van der Waals surface area contributed by atoms with Gasteiger partial charge in [-0.25, -0.2) is 0 Å². The summed E-state index contributed by atoms with van der Waals surface area (Å²) in [4.78, 5) is 39.7. The Balaban J connectivity index is 1.43. The summed E-state index contributed by atoms with van der Waals surface area (Å²) in [6.45, 7) is 3.73. The molecule has 0 aromatic heterocycles. The summed E-state index contributed by atoms with van der Waals surface area (Å²) in [6.07, 6.45) is 1.66. The highest BCUT2D eigenvalue weighted by Crippen LogP contribution is 2.28. The Hall–Kier alpha value is -4.04. The predicted molar refractivity (Wildman–Crippen MR) is 169 cm³/mol. The number of thioether (sulfide) groups is 1. The van der Waals surface area contributed by atoms with Crippen molar-refractivity contribution in [2.75, 3.05) is 10.6 Å². The van der Waals surface area contributed by atoms with Gasteiger partial charge in [0.1, 0.15) is 5.70 Å². The fourth-order valence-corrected chi connectivity index (χ4v) is 4.90. The van der Waals surface area contributed by atoms with Gasteiger partial charge in [0.05, 0.1) is 15.3 Å². The van der Waals surface area contributed by atoms with Crippen LogP contribution in [-0.2, 0) is 9.59 Å². The molecule has 3 amide bonds. The summed E-state index contributed by atoms with van der Waals surface area (Å²) in [6, 6.07) is 28.3. The van der Waals surface area contributed by atoms with Gasteiger partial charge in [-0.15, -0.1) is 11.8 Å². The second kappa shape index (κ2) is 14.0. The lowest BCUT2D eigenvalue weighted by Gasteiger charge is -2.14. The summed E-state index contributed by atoms with van der Waals surface area (Å²) >= 11 is 13.3. The normalized spacial score (nSPS) is 11.9. The Morgan fingerprint density at radius 1 is 0.780 bits per heavy atom. The lowest BCUT2D eigenvalue weighted by molar-refractivity contribution is -0.115. The number of nitrogens with one attached hydrogen (secondary N) is 3. The number of amides is 3. The van der Waals surface area contributed by atoms with E-state index in [1.165, 1.54) is 11.8 Å². The van der Waals surface area contributed by atoms with Gasteiger partial charge in [-0.1, -0.05) is 65.7 Å². The maximum Gasteiger partial charge on any atom is 0.272 e. The fraction of sp³-hybridized carbons (Fsp3) is 0.0938. The number of anilines is 2. The molecule has 0 bridgehead atoms. The number of carbonyl (C=O) groups excluding carboxylic acids is 3. The van der Waals surface area contributed by atoms with Crippen LogP contribution in [0.2, 0.25) is 10.0 Å². The minimum absolute atomic E-state index is 0.110. The first-order chi connectivity index (χ1) is 19.7. The molecule has 4 rings (SSSR count). The van der Waals surface area contributed by atoms with Crippen molar-refractivity contribution >= 4 is 70.1 Å². The van der Waals surface area contributed by atoms with Crippen molar-refractivity contribution in [3.05, 3.63) is 129 Å². The van der Waals surface area contributed by atoms with E-state index in [9.17, 15) is 14.4 Å². The van der Waals surface area contributed by atoms with E-state index in [2.05, 4.69) is 16.0 Å². The van der Waals surface area contributed by atoms with E-state index in [1.807, 2.05) is 49.4 Å². The largest absolute Gasteiger partial charge is 0.325 e. The highest BCUT2D eigenvalue weighted by atomic mass is 35.5. The second-order valence-corrected chi connectivity index (χ2v) is 11.3. The molecule has 6 nitrogen and oxygen atoms in total. The minimum atomic E-state index is -0.465. The van der Waals surface area contributed by atoms with E-state index in [0.717, 1.165) is 16.0 Å². The maximum atomic E-state index is 13.3. The highest BCUT2D eigenvalue weighted by Gasteiger charge is 2.17. The zero-order chi connectivity index (χ0) is 29.4. The predicted octanol–water partition coefficient (Wildman–Crippen LogP) is 7.83. The third-order valence-corrected chi connectivity index (χ3v) is 7.85. The van der Waals surface area contributed by atoms with E-state index >= 15 is 0 Å². The molecule has 41 heavy (non-hydrogen) atoms. The maximum absolute atomic E-state index is 13.3. The molecule has 0 aliphatic carbocycles. The Kier molecular flexibility index (Phi) is 10.2. The number of carbonyl (C=O) groups is 3. The van der Waals surface area contributed by atoms with E-state index in [0.29, 0.717) is 27.0 Å². The lowest BCUT2D eigenvalue weighted by Crippen LogP contribution is -2.30. The van der Waals surface area contributed by atoms with Crippen LogP contribution in [0.4, 0.5) is 11.4 Å². The minimum Gasteiger partial charge on any atom is -0.325 e. The van der Waals surface area contributed by atoms with E-state index in [4.69, 9.17) is 23.2 Å². The van der Waals surface area contributed by atoms with Crippen molar-refractivity contribution < 1.29 is 14.4 Å². The molecule has 3 N–H and O–H groups in total. The number of benzene rings is 4. The standard InChI is InChI=1S/C32H27Cl2N3O3S/c1-20-8-6-7-11-23(20)18-29(37-31(39)22-9-4-3-5-10-22)32(40)35-24-12-15-26(16-13-24)41-21(2)30(38)36-25-14-17-27(33)28(34)19-25/h3-19,21H,1-2H3,(H,35,40)(H,36,38)(H,37,39)/b29-18-. The van der Waals surface area contributed by atoms with Gasteiger partial charge in [-0.3, -0.25) is 14.4 Å². The van der Waals surface area contributed by atoms with Crippen molar-refractivity contribution in [3.8, 4) is 0 Å². The Bertz CT molecular complexity index is 1590. The molecule has 0 heterocycles. The number of aryl methyl sites for hydroxylation is 1. The monoisotopic (exact) mass is 603 g/mol. The summed E-state index contributed by atoms with van der Waals surface area (Å²) in [5.41, 5.74) is 3.42. The van der Waals surface area contributed by atoms with Gasteiger partial charge in [-0.2, -0.15) is 0 Å². The SMILES string of the molecule is Cc1ccccc1/C=C(\NC(=O)c1ccccc1)C(=O)Nc1ccc(SC(C)C(=O)Nc2ccc(Cl)c(Cl)c2)cc1. The molecule has 208 valence electrons. The van der Waals surface area contributed by atoms with Gasteiger partial charge in [0.2, 0.25) is 5.91 Å². The van der Waals surface area contributed by atoms with Crippen LogP contribution in [0, 0.1) is 6.92 Å². The van der Waals surface area contributed by atoms with Crippen LogP contribution in [0.3, 0.4) is 0 Å². The van der Waals surface area contributed by atoms with Crippen molar-refractivity contribution in [2.24, 2.45) is 0 Å². The van der Waals surface area contributed by atoms with Crippen molar-refractivity contribution in [1.82, 2.24) is 5.32 Å². The molecule has 0 saturated carbocycles. The summed E-state index contributed by atoms with van der Waals surface area (Å²) in [5.74, 6) is -1.04. The topological polar surface area (TPSA) is 87.3 Å². The van der Waals surface area contributed by atoms with Crippen molar-refractivity contribution in [1.29, 1.82) is 0 Å². The Labute approximate surface area is 253 Å². The van der Waals surface area contributed by atoms with Gasteiger partial charge < -0.3 is 16.0 Å². The molecule has 4 aromatic carbocycles. The molecule has 1 unspecified atom stereocenters. The number of hydrogen-bond donors (Lipinski definition) is 3. The smallest absolute Gasteiger partial charge is 0.272 e. The third-order valence-electron chi connectivity index (χ3n) is 6.00. The quantitative estimate of drug-likeness (QED) is 0.134. The molecule has 0 spiro atoms. The molecule has 0 aliphatic rings. The van der Waals surface area contributed by atoms with Crippen LogP contribution >= 0.6 is 35.0 Å². The summed E-state index contributed by atoms with van der Waals surface area (Å²) < 4.78 is 0. The molecule has 0 radical (unpaired) electrons. The molecule has 1 atom stereocenters. The first-order valence-electron chi connectivity index (χ1n) is 12.7. The van der Waals surface area contributed by atoms with Crippen molar-refractivity contribution in [3.63, 3.8) is 0 Å². The number of halogens is 2. The van der Waals surface area contributed by atoms with Gasteiger partial charge in [0.25, 0.3) is 11.8 Å². The molecule has 0 fully saturated rings. The molecular formula is C32H27Cl2N3O3S. The summed E-state index contributed by atoms with van der Waals surface area (Å²) in [5, 5.41) is 8.80. The fourth-order valence-electron chi connectivity index (χ4n) is 3.74. The average molecular weight is 605 g/mol. The van der Waals surface area contributed by atoms with Crippen LogP contribution in [0.25, 0.3) is 6.08 Å². The molecular weight excluding hydrogens is 577 g/mol. The van der Waals surface area contributed by atoms with Gasteiger partial charge in [-0.05, 0) is 85.6 Å². The van der Waals surface area contributed by atoms with Crippen molar-refractivity contribution in [2.45, 2.75) is 24.0 Å². The van der Waals surface area contributed by atoms with Crippen LogP contribution < -0.4 is 16.0 Å². The molecule has 9 heteroatoms. The Morgan fingerprint density at radius 3 is 2.12 bits per heavy atom. The number of hydrogen-bond acceptors (Lipinski definition) is 4. The summed E-state index contributed by atoms with van der Waals surface area (Å²) in [7, 11) is 0. The van der Waals surface area contributed by atoms with Gasteiger partial charge in [0.15, 0.2) is 0 Å². The van der Waals surface area contributed by atoms with Crippen LogP contribution in [0.15, 0.2) is 108 Å². The number of rotatable bonds is 9. The van der Waals surface area contributed by atoms with E-state index < -0.39 is 11.2 Å². The van der Waals surface area contributed by atoms with Gasteiger partial charge in [0, 0.05) is 21.8 Å². The van der Waals surface area contributed by atoms with E-state index in [1.54, 1.807) is 67.6 Å². The third kappa shape index (κ3) is 8.47. The zero-order valence-corrected chi connectivity index (χ0v) is 24.6. The second-order valence-electron chi connectivity index (χ2n) is 9.09. The molecule has 4 aromatic rings. The zero-order valence-electron chi connectivity index (χ0n) is 22.3. The van der Waals surface area contributed by atoms with Crippen LogP contribution in [0.5, 0.6) is 0 Å². The average Bonchev–Trinajstić information content (AvgIpc) is 2.97. The van der Waals surface area contributed by atoms with Crippen LogP contribution in [0.1, 0.15) is 28.4 Å². The lowest BCUT2D eigenvalue weighted by atomic mass is 10.1. The van der Waals surface area contributed by atoms with E-state index in [-0.39, 0.29) is 17.5 Å². The molecule has 0 saturated heterocycles. The Morgan fingerprint density at radius 2 is 1.44 bits per heavy atom. The first kappa shape index (κ1) is 29.9.